The molecule has 0 unspecified atom stereocenters. The normalized spacial score (nSPS) is 17.7. The molecule has 1 aromatic carbocycles. The van der Waals surface area contributed by atoms with Crippen LogP contribution in [0.5, 0.6) is 0 Å². The second-order valence-corrected chi connectivity index (χ2v) is 10.0. The average molecular weight is 436 g/mol. The first kappa shape index (κ1) is 21.2. The molecule has 1 saturated heterocycles. The number of carbonyl (C=O) groups excluding carboxylic acids is 1. The molecule has 1 amide bonds. The number of carbonyl (C=O) groups is 1. The number of morpholine rings is 1. The van der Waals surface area contributed by atoms with E-state index >= 15 is 0 Å². The molecule has 2 fully saturated rings. The zero-order valence-electron chi connectivity index (χ0n) is 19.3. The maximum Gasteiger partial charge on any atom is 0.273 e. The van der Waals surface area contributed by atoms with Gasteiger partial charge in [-0.3, -0.25) is 14.4 Å². The van der Waals surface area contributed by atoms with E-state index in [0.717, 1.165) is 56.2 Å². The van der Waals surface area contributed by atoms with E-state index < -0.39 is 0 Å². The summed E-state index contributed by atoms with van der Waals surface area (Å²) in [6.07, 6.45) is 4.47. The Balaban J connectivity index is 1.31. The number of rotatable bonds is 6. The van der Waals surface area contributed by atoms with Crippen molar-refractivity contribution in [2.45, 2.75) is 51.6 Å². The van der Waals surface area contributed by atoms with E-state index in [4.69, 9.17) is 9.84 Å². The maximum absolute atomic E-state index is 13.2. The van der Waals surface area contributed by atoms with Crippen LogP contribution in [0, 0.1) is 0 Å². The van der Waals surface area contributed by atoms with Crippen molar-refractivity contribution in [3.8, 4) is 0 Å². The monoisotopic (exact) mass is 435 g/mol. The van der Waals surface area contributed by atoms with Crippen LogP contribution in [0.4, 0.5) is 5.69 Å². The number of ether oxygens (including phenoxy) is 1. The average Bonchev–Trinajstić information content (AvgIpc) is 3.38. The van der Waals surface area contributed by atoms with E-state index in [1.54, 1.807) is 0 Å². The zero-order chi connectivity index (χ0) is 22.3. The van der Waals surface area contributed by atoms with Gasteiger partial charge in [0.05, 0.1) is 24.4 Å². The van der Waals surface area contributed by atoms with Crippen LogP contribution in [0.1, 0.15) is 55.7 Å². The third-order valence-corrected chi connectivity index (χ3v) is 6.38. The van der Waals surface area contributed by atoms with Crippen LogP contribution >= 0.6 is 0 Å². The van der Waals surface area contributed by atoms with Crippen LogP contribution in [0.2, 0.25) is 0 Å². The first-order valence-electron chi connectivity index (χ1n) is 11.7. The van der Waals surface area contributed by atoms with Crippen LogP contribution in [0.25, 0.3) is 10.9 Å². The Morgan fingerprint density at radius 3 is 2.62 bits per heavy atom. The summed E-state index contributed by atoms with van der Waals surface area (Å²) >= 11 is 0. The summed E-state index contributed by atoms with van der Waals surface area (Å²) in [7, 11) is 0. The van der Waals surface area contributed by atoms with Crippen molar-refractivity contribution in [2.24, 2.45) is 0 Å². The van der Waals surface area contributed by atoms with Gasteiger partial charge in [-0.05, 0) is 63.9 Å². The molecule has 5 rings (SSSR count). The molecule has 1 aliphatic heterocycles. The van der Waals surface area contributed by atoms with Crippen LogP contribution in [0.15, 0.2) is 36.5 Å². The molecule has 32 heavy (non-hydrogen) atoms. The number of fused-ring (bicyclic) bond motifs is 1. The Kier molecular flexibility index (Phi) is 5.55. The molecule has 1 N–H and O–H groups in total. The number of nitrogens with zero attached hydrogens (tertiary/aromatic N) is 4. The van der Waals surface area contributed by atoms with E-state index in [0.29, 0.717) is 11.6 Å². The van der Waals surface area contributed by atoms with Gasteiger partial charge in [-0.25, -0.2) is 0 Å². The number of hydrogen-bond acceptors (Lipinski definition) is 4. The fourth-order valence-corrected chi connectivity index (χ4v) is 4.39. The quantitative estimate of drug-likeness (QED) is 0.634. The van der Waals surface area contributed by atoms with Gasteiger partial charge in [0.1, 0.15) is 5.69 Å². The minimum Gasteiger partial charge on any atom is -0.379 e. The van der Waals surface area contributed by atoms with Gasteiger partial charge in [0.2, 0.25) is 0 Å². The van der Waals surface area contributed by atoms with Gasteiger partial charge < -0.3 is 14.6 Å². The van der Waals surface area contributed by atoms with Crippen molar-refractivity contribution in [3.05, 3.63) is 47.9 Å². The second-order valence-electron chi connectivity index (χ2n) is 10.0. The highest BCUT2D eigenvalue weighted by molar-refractivity contribution is 6.04. The standard InChI is InChI=1S/C25H33N5O2/c1-25(2,3)30-23(17-21(27-30)18-4-5-18)24(31)26-20-6-7-22-19(16-20)8-9-29(22)11-10-28-12-14-32-15-13-28/h6-9,16-18H,4-5,10-15H2,1-3H3,(H,26,31). The van der Waals surface area contributed by atoms with E-state index in [9.17, 15) is 4.79 Å². The number of nitrogens with one attached hydrogen (secondary N) is 1. The van der Waals surface area contributed by atoms with Crippen molar-refractivity contribution in [1.29, 1.82) is 0 Å². The van der Waals surface area contributed by atoms with E-state index in [-0.39, 0.29) is 11.4 Å². The number of amides is 1. The molecule has 0 radical (unpaired) electrons. The van der Waals surface area contributed by atoms with E-state index in [1.165, 1.54) is 18.4 Å². The molecule has 0 bridgehead atoms. The fraction of sp³-hybridized carbons (Fsp3) is 0.520. The second kappa shape index (κ2) is 8.37. The molecule has 170 valence electrons. The smallest absolute Gasteiger partial charge is 0.273 e. The molecule has 3 aromatic rings. The minimum atomic E-state index is -0.249. The van der Waals surface area contributed by atoms with Crippen LogP contribution < -0.4 is 5.32 Å². The first-order valence-corrected chi connectivity index (χ1v) is 11.7. The molecular weight excluding hydrogens is 402 g/mol. The van der Waals surface area contributed by atoms with Gasteiger partial charge >= 0.3 is 0 Å². The summed E-state index contributed by atoms with van der Waals surface area (Å²) in [6.45, 7) is 11.9. The Labute approximate surface area is 189 Å². The molecule has 3 heterocycles. The van der Waals surface area contributed by atoms with E-state index in [1.807, 2.05) is 16.8 Å². The number of hydrogen-bond donors (Lipinski definition) is 1. The predicted molar refractivity (Wildman–Crippen MR) is 126 cm³/mol. The first-order chi connectivity index (χ1) is 15.4. The molecule has 1 saturated carbocycles. The highest BCUT2D eigenvalue weighted by atomic mass is 16.5. The molecule has 2 aromatic heterocycles. The highest BCUT2D eigenvalue weighted by Crippen LogP contribution is 2.40. The number of anilines is 1. The van der Waals surface area contributed by atoms with Gasteiger partial charge in [0.25, 0.3) is 5.91 Å². The molecule has 7 heteroatoms. The van der Waals surface area contributed by atoms with Crippen molar-refractivity contribution >= 4 is 22.5 Å². The van der Waals surface area contributed by atoms with Gasteiger partial charge in [0, 0.05) is 54.9 Å². The third kappa shape index (κ3) is 4.45. The van der Waals surface area contributed by atoms with Crippen molar-refractivity contribution in [1.82, 2.24) is 19.2 Å². The number of aromatic nitrogens is 3. The molecule has 7 nitrogen and oxygen atoms in total. The van der Waals surface area contributed by atoms with Gasteiger partial charge in [0.15, 0.2) is 0 Å². The van der Waals surface area contributed by atoms with Crippen LogP contribution in [-0.2, 0) is 16.8 Å². The lowest BCUT2D eigenvalue weighted by Gasteiger charge is -2.26. The summed E-state index contributed by atoms with van der Waals surface area (Å²) in [5.74, 6) is 0.407. The van der Waals surface area contributed by atoms with Crippen LogP contribution in [-0.4, -0.2) is 58.0 Å². The largest absolute Gasteiger partial charge is 0.379 e. The molecule has 0 spiro atoms. The zero-order valence-corrected chi connectivity index (χ0v) is 19.3. The topological polar surface area (TPSA) is 64.3 Å². The Bertz CT molecular complexity index is 1110. The maximum atomic E-state index is 13.2. The Hall–Kier alpha value is -2.64. The predicted octanol–water partition coefficient (Wildman–Crippen LogP) is 4.05. The lowest BCUT2D eigenvalue weighted by Crippen LogP contribution is -2.38. The third-order valence-electron chi connectivity index (χ3n) is 6.38. The van der Waals surface area contributed by atoms with Crippen molar-refractivity contribution < 1.29 is 9.53 Å². The molecule has 2 aliphatic rings. The van der Waals surface area contributed by atoms with E-state index in [2.05, 4.69) is 60.0 Å². The summed E-state index contributed by atoms with van der Waals surface area (Å²) < 4.78 is 9.59. The van der Waals surface area contributed by atoms with Crippen molar-refractivity contribution in [3.63, 3.8) is 0 Å². The summed E-state index contributed by atoms with van der Waals surface area (Å²) in [6, 6.07) is 10.2. The highest BCUT2D eigenvalue weighted by Gasteiger charge is 2.31. The SMILES string of the molecule is CC(C)(C)n1nc(C2CC2)cc1C(=O)Nc1ccc2c(ccn2CCN2CCOCC2)c1. The summed E-state index contributed by atoms with van der Waals surface area (Å²) in [5.41, 5.74) is 3.41. The minimum absolute atomic E-state index is 0.106. The fourth-order valence-electron chi connectivity index (χ4n) is 4.39. The van der Waals surface area contributed by atoms with Crippen LogP contribution in [0.3, 0.4) is 0 Å². The van der Waals surface area contributed by atoms with Gasteiger partial charge in [-0.2, -0.15) is 5.10 Å². The van der Waals surface area contributed by atoms with Gasteiger partial charge in [-0.1, -0.05) is 0 Å². The lowest BCUT2D eigenvalue weighted by atomic mass is 10.1. The molecule has 1 aliphatic carbocycles. The summed E-state index contributed by atoms with van der Waals surface area (Å²) in [5, 5.41) is 8.99. The molecular formula is C25H33N5O2. The summed E-state index contributed by atoms with van der Waals surface area (Å²) in [4.78, 5) is 15.6. The molecule has 0 atom stereocenters. The Morgan fingerprint density at radius 1 is 1.12 bits per heavy atom. The van der Waals surface area contributed by atoms with Crippen molar-refractivity contribution in [2.75, 3.05) is 38.2 Å². The lowest BCUT2D eigenvalue weighted by molar-refractivity contribution is 0.0365. The number of benzene rings is 1. The Morgan fingerprint density at radius 2 is 1.91 bits per heavy atom. The van der Waals surface area contributed by atoms with Gasteiger partial charge in [-0.15, -0.1) is 0 Å².